The molecule has 1 saturated heterocycles. The molecule has 0 saturated carbocycles. The number of carboxylic acids is 1. The Morgan fingerprint density at radius 3 is 2.42 bits per heavy atom. The van der Waals surface area contributed by atoms with Crippen molar-refractivity contribution in [2.75, 3.05) is 26.2 Å². The Morgan fingerprint density at radius 1 is 1.30 bits per heavy atom. The molecule has 1 aliphatic rings. The first-order valence-electron chi connectivity index (χ1n) is 10.3. The summed E-state index contributed by atoms with van der Waals surface area (Å²) in [5.41, 5.74) is -1.51. The second-order valence-corrected chi connectivity index (χ2v) is 11.0. The van der Waals surface area contributed by atoms with Gasteiger partial charge in [-0.2, -0.15) is 4.31 Å². The summed E-state index contributed by atoms with van der Waals surface area (Å²) in [4.78, 5) is 26.9. The zero-order chi connectivity index (χ0) is 24.9. The first kappa shape index (κ1) is 26.5. The summed E-state index contributed by atoms with van der Waals surface area (Å²) in [6, 6.07) is 2.66. The highest BCUT2D eigenvalue weighted by molar-refractivity contribution is 7.89. The summed E-state index contributed by atoms with van der Waals surface area (Å²) in [6.45, 7) is 6.56. The van der Waals surface area contributed by atoms with E-state index in [0.717, 1.165) is 6.20 Å². The molecule has 10 nitrogen and oxygen atoms in total. The van der Waals surface area contributed by atoms with Gasteiger partial charge in [-0.3, -0.25) is 4.79 Å². The monoisotopic (exact) mass is 487 g/mol. The first-order chi connectivity index (χ1) is 15.3. The van der Waals surface area contributed by atoms with Crippen LogP contribution in [0.2, 0.25) is 0 Å². The third kappa shape index (κ3) is 7.39. The van der Waals surface area contributed by atoms with Gasteiger partial charge < -0.3 is 19.9 Å². The van der Waals surface area contributed by atoms with E-state index in [9.17, 15) is 27.5 Å². The Morgan fingerprint density at radius 2 is 1.94 bits per heavy atom. The van der Waals surface area contributed by atoms with Crippen molar-refractivity contribution < 1.29 is 37.0 Å². The molecule has 0 unspecified atom stereocenters. The Hall–Kier alpha value is -2.73. The minimum atomic E-state index is -3.83. The zero-order valence-electron chi connectivity index (χ0n) is 19.1. The van der Waals surface area contributed by atoms with Crippen LogP contribution in [0.3, 0.4) is 0 Å². The number of aliphatic carboxylic acids is 1. The predicted octanol–water partition coefficient (Wildman–Crippen LogP) is 2.71. The molecule has 0 bridgehead atoms. The van der Waals surface area contributed by atoms with Crippen LogP contribution in [-0.4, -0.2) is 66.7 Å². The number of halogens is 1. The van der Waals surface area contributed by atoms with Gasteiger partial charge in [0.2, 0.25) is 15.9 Å². The lowest BCUT2D eigenvalue weighted by Crippen LogP contribution is -2.45. The molecule has 2 rings (SSSR count). The molecule has 12 heteroatoms. The second kappa shape index (κ2) is 10.5. The standard InChI is InChI=1S/C21H30FN3O7S/c1-20(2,3)32-19(28)24-12-15(11-22)14-31-17-6-5-16(13-23-17)33(29,30)25-9-7-21(4,8-10-25)18(26)27/h5-6,11,13H,7-10,12,14H2,1-4H3,(H,24,28)(H,26,27)/b15-11+. The lowest BCUT2D eigenvalue weighted by atomic mass is 9.81. The predicted molar refractivity (Wildman–Crippen MR) is 117 cm³/mol. The second-order valence-electron chi connectivity index (χ2n) is 9.01. The van der Waals surface area contributed by atoms with Crippen molar-refractivity contribution in [3.8, 4) is 5.88 Å². The number of carboxylic acid groups (broad SMARTS) is 1. The number of pyridine rings is 1. The summed E-state index contributed by atoms with van der Waals surface area (Å²) < 4.78 is 50.4. The van der Waals surface area contributed by atoms with Crippen molar-refractivity contribution in [2.24, 2.45) is 5.41 Å². The van der Waals surface area contributed by atoms with E-state index in [4.69, 9.17) is 9.47 Å². The van der Waals surface area contributed by atoms with Gasteiger partial charge in [0.25, 0.3) is 0 Å². The van der Waals surface area contributed by atoms with E-state index in [2.05, 4.69) is 10.3 Å². The largest absolute Gasteiger partial charge is 0.481 e. The van der Waals surface area contributed by atoms with E-state index >= 15 is 0 Å². The smallest absolute Gasteiger partial charge is 0.407 e. The first-order valence-corrected chi connectivity index (χ1v) is 11.8. The normalized spacial score (nSPS) is 17.3. The molecule has 2 N–H and O–H groups in total. The minimum absolute atomic E-state index is 0.0540. The Bertz CT molecular complexity index is 980. The molecular weight excluding hydrogens is 457 g/mol. The summed E-state index contributed by atoms with van der Waals surface area (Å²) in [5.74, 6) is -0.867. The van der Waals surface area contributed by atoms with Gasteiger partial charge in [-0.15, -0.1) is 0 Å². The Kier molecular flexibility index (Phi) is 8.41. The quantitative estimate of drug-likeness (QED) is 0.571. The SMILES string of the molecule is CC(C)(C)OC(=O)NC/C(=C\F)COc1ccc(S(=O)(=O)N2CCC(C)(C(=O)O)CC2)cn1. The fourth-order valence-corrected chi connectivity index (χ4v) is 4.36. The third-order valence-corrected chi connectivity index (χ3v) is 6.99. The number of amides is 1. The maximum absolute atomic E-state index is 13.1. The molecule has 1 fully saturated rings. The van der Waals surface area contributed by atoms with Crippen LogP contribution in [0.25, 0.3) is 0 Å². The van der Waals surface area contributed by atoms with Crippen molar-refractivity contribution in [2.45, 2.75) is 51.0 Å². The highest BCUT2D eigenvalue weighted by Gasteiger charge is 2.40. The van der Waals surface area contributed by atoms with Crippen LogP contribution in [0, 0.1) is 5.41 Å². The fraction of sp³-hybridized carbons (Fsp3) is 0.571. The number of ether oxygens (including phenoxy) is 2. The van der Waals surface area contributed by atoms with Gasteiger partial charge in [-0.05, 0) is 46.6 Å². The number of piperidine rings is 1. The third-order valence-electron chi connectivity index (χ3n) is 5.11. The number of carbonyl (C=O) groups is 2. The van der Waals surface area contributed by atoms with Crippen LogP contribution in [0.15, 0.2) is 35.1 Å². The van der Waals surface area contributed by atoms with E-state index in [1.807, 2.05) is 0 Å². The maximum Gasteiger partial charge on any atom is 0.407 e. The summed E-state index contributed by atoms with van der Waals surface area (Å²) in [5, 5.41) is 11.7. The van der Waals surface area contributed by atoms with Gasteiger partial charge in [-0.25, -0.2) is 22.6 Å². The molecule has 33 heavy (non-hydrogen) atoms. The average molecular weight is 488 g/mol. The lowest BCUT2D eigenvalue weighted by molar-refractivity contribution is -0.150. The number of hydrogen-bond donors (Lipinski definition) is 2. The molecule has 1 aromatic heterocycles. The number of hydrogen-bond acceptors (Lipinski definition) is 7. The van der Waals surface area contributed by atoms with Gasteiger partial charge in [-0.1, -0.05) is 0 Å². The summed E-state index contributed by atoms with van der Waals surface area (Å²) >= 11 is 0. The van der Waals surface area contributed by atoms with Crippen LogP contribution in [-0.2, 0) is 19.6 Å². The molecule has 1 amide bonds. The van der Waals surface area contributed by atoms with Gasteiger partial charge in [0.05, 0.1) is 17.9 Å². The van der Waals surface area contributed by atoms with Crippen molar-refractivity contribution in [3.63, 3.8) is 0 Å². The highest BCUT2D eigenvalue weighted by atomic mass is 32.2. The Balaban J connectivity index is 1.91. The van der Waals surface area contributed by atoms with E-state index < -0.39 is 33.1 Å². The Labute approximate surface area is 192 Å². The molecule has 1 aromatic rings. The van der Waals surface area contributed by atoms with Crippen LogP contribution < -0.4 is 10.1 Å². The van der Waals surface area contributed by atoms with E-state index in [0.29, 0.717) is 6.33 Å². The van der Waals surface area contributed by atoms with Crippen molar-refractivity contribution in [3.05, 3.63) is 30.2 Å². The van der Waals surface area contributed by atoms with Crippen molar-refractivity contribution in [1.29, 1.82) is 0 Å². The van der Waals surface area contributed by atoms with Crippen LogP contribution in [0.4, 0.5) is 9.18 Å². The fourth-order valence-electron chi connectivity index (χ4n) is 2.98. The molecule has 2 heterocycles. The van der Waals surface area contributed by atoms with Gasteiger partial charge >= 0.3 is 12.1 Å². The van der Waals surface area contributed by atoms with Crippen LogP contribution in [0.5, 0.6) is 5.88 Å². The lowest BCUT2D eigenvalue weighted by Gasteiger charge is -2.35. The number of nitrogens with one attached hydrogen (secondary N) is 1. The van der Waals surface area contributed by atoms with Crippen molar-refractivity contribution >= 4 is 22.1 Å². The molecule has 0 radical (unpaired) electrons. The zero-order valence-corrected chi connectivity index (χ0v) is 19.9. The van der Waals surface area contributed by atoms with Crippen molar-refractivity contribution in [1.82, 2.24) is 14.6 Å². The van der Waals surface area contributed by atoms with E-state index in [-0.39, 0.29) is 55.4 Å². The summed E-state index contributed by atoms with van der Waals surface area (Å²) in [6.07, 6.45) is 1.17. The average Bonchev–Trinajstić information content (AvgIpc) is 2.73. The molecule has 0 aromatic carbocycles. The van der Waals surface area contributed by atoms with Crippen LogP contribution >= 0.6 is 0 Å². The minimum Gasteiger partial charge on any atom is -0.481 e. The van der Waals surface area contributed by atoms with Gasteiger partial charge in [0, 0.05) is 31.3 Å². The topological polar surface area (TPSA) is 135 Å². The summed E-state index contributed by atoms with van der Waals surface area (Å²) in [7, 11) is -3.83. The molecule has 0 aliphatic carbocycles. The van der Waals surface area contributed by atoms with Gasteiger partial charge in [0.15, 0.2) is 0 Å². The van der Waals surface area contributed by atoms with E-state index in [1.54, 1.807) is 27.7 Å². The molecular formula is C21H30FN3O7S. The number of alkyl carbamates (subject to hydrolysis) is 1. The number of rotatable bonds is 8. The van der Waals surface area contributed by atoms with Crippen LogP contribution in [0.1, 0.15) is 40.5 Å². The molecule has 0 atom stereocenters. The number of aromatic nitrogens is 1. The number of carbonyl (C=O) groups excluding carboxylic acids is 1. The maximum atomic E-state index is 13.1. The highest BCUT2D eigenvalue weighted by Crippen LogP contribution is 2.33. The van der Waals surface area contributed by atoms with Gasteiger partial charge in [0.1, 0.15) is 17.1 Å². The molecule has 0 spiro atoms. The number of nitrogens with zero attached hydrogens (tertiary/aromatic N) is 2. The van der Waals surface area contributed by atoms with E-state index in [1.165, 1.54) is 16.4 Å². The molecule has 184 valence electrons. The molecule has 1 aliphatic heterocycles. The number of sulfonamides is 1.